The van der Waals surface area contributed by atoms with Crippen molar-refractivity contribution in [1.82, 2.24) is 4.57 Å². The number of carbonyl (C=O) groups is 2. The quantitative estimate of drug-likeness (QED) is 0.202. The van der Waals surface area contributed by atoms with Crippen LogP contribution in [0.3, 0.4) is 0 Å². The summed E-state index contributed by atoms with van der Waals surface area (Å²) in [5.74, 6) is -0.00624. The van der Waals surface area contributed by atoms with Crippen LogP contribution in [0.15, 0.2) is 98.6 Å². The lowest BCUT2D eigenvalue weighted by atomic mass is 9.92. The summed E-state index contributed by atoms with van der Waals surface area (Å²) in [6.45, 7) is 1.83. The number of rotatable bonds is 9. The van der Waals surface area contributed by atoms with Gasteiger partial charge in [-0.25, -0.2) is 14.6 Å². The van der Waals surface area contributed by atoms with Gasteiger partial charge in [0.1, 0.15) is 29.1 Å². The number of aromatic nitrogens is 1. The number of hydrogen-bond donors (Lipinski definition) is 1. The van der Waals surface area contributed by atoms with Crippen molar-refractivity contribution < 1.29 is 33.3 Å². The molecular weight excluding hydrogens is 644 g/mol. The average molecular weight is 671 g/mol. The topological polar surface area (TPSA) is 130 Å². The Morgan fingerprint density at radius 2 is 1.81 bits per heavy atom. The minimum Gasteiger partial charge on any atom is -0.497 e. The van der Waals surface area contributed by atoms with Gasteiger partial charge in [0.2, 0.25) is 0 Å². The van der Waals surface area contributed by atoms with Gasteiger partial charge < -0.3 is 23.7 Å². The number of furan rings is 1. The first-order chi connectivity index (χ1) is 22.7. The third-order valence-corrected chi connectivity index (χ3v) is 8.79. The van der Waals surface area contributed by atoms with E-state index in [-0.39, 0.29) is 22.8 Å². The second-order valence-electron chi connectivity index (χ2n) is 10.2. The van der Waals surface area contributed by atoms with E-state index >= 15 is 0 Å². The molecule has 0 saturated heterocycles. The van der Waals surface area contributed by atoms with Crippen molar-refractivity contribution >= 4 is 46.6 Å². The molecule has 3 aromatic carbocycles. The highest BCUT2D eigenvalue weighted by Crippen LogP contribution is 2.40. The van der Waals surface area contributed by atoms with Gasteiger partial charge in [-0.05, 0) is 43.3 Å². The van der Waals surface area contributed by atoms with E-state index in [1.54, 1.807) is 49.4 Å². The summed E-state index contributed by atoms with van der Waals surface area (Å²) in [4.78, 5) is 44.6. The average Bonchev–Trinajstić information content (AvgIpc) is 3.67. The number of aromatic carboxylic acids is 1. The molecule has 1 atom stereocenters. The fourth-order valence-electron chi connectivity index (χ4n) is 5.34. The highest BCUT2D eigenvalue weighted by Gasteiger charge is 2.37. The molecule has 0 aliphatic carbocycles. The van der Waals surface area contributed by atoms with Gasteiger partial charge in [-0.1, -0.05) is 59.3 Å². The third-order valence-electron chi connectivity index (χ3n) is 7.49. The molecule has 12 heteroatoms. The van der Waals surface area contributed by atoms with Crippen LogP contribution >= 0.6 is 22.9 Å². The number of esters is 1. The highest BCUT2D eigenvalue weighted by atomic mass is 35.5. The number of carbonyl (C=O) groups excluding carboxylic acids is 1. The van der Waals surface area contributed by atoms with E-state index in [0.29, 0.717) is 54.7 Å². The number of thiazole rings is 1. The van der Waals surface area contributed by atoms with Crippen LogP contribution in [0.5, 0.6) is 11.5 Å². The van der Waals surface area contributed by atoms with Gasteiger partial charge >= 0.3 is 11.9 Å². The summed E-state index contributed by atoms with van der Waals surface area (Å²) in [5.41, 5.74) is 1.91. The van der Waals surface area contributed by atoms with Gasteiger partial charge in [0.25, 0.3) is 5.56 Å². The Morgan fingerprint density at radius 1 is 1.02 bits per heavy atom. The summed E-state index contributed by atoms with van der Waals surface area (Å²) in [7, 11) is 3.04. The molecule has 3 heterocycles. The van der Waals surface area contributed by atoms with Crippen LogP contribution in [0, 0.1) is 0 Å². The van der Waals surface area contributed by atoms with Crippen LogP contribution in [0.2, 0.25) is 5.02 Å². The largest absolute Gasteiger partial charge is 0.497 e. The second-order valence-corrected chi connectivity index (χ2v) is 11.7. The molecule has 0 amide bonds. The van der Waals surface area contributed by atoms with Crippen LogP contribution in [-0.4, -0.2) is 42.4 Å². The number of hydrogen-bond acceptors (Lipinski definition) is 9. The van der Waals surface area contributed by atoms with E-state index in [2.05, 4.69) is 0 Å². The number of carboxylic acid groups (broad SMARTS) is 1. The Labute approximate surface area is 277 Å². The molecule has 5 aromatic rings. The van der Waals surface area contributed by atoms with Crippen molar-refractivity contribution in [3.63, 3.8) is 0 Å². The normalized spacial score (nSPS) is 14.4. The lowest BCUT2D eigenvalue weighted by Gasteiger charge is -2.27. The Hall–Kier alpha value is -5.39. The van der Waals surface area contributed by atoms with E-state index in [1.807, 2.05) is 30.3 Å². The van der Waals surface area contributed by atoms with Crippen molar-refractivity contribution in [2.45, 2.75) is 13.0 Å². The Morgan fingerprint density at radius 3 is 2.49 bits per heavy atom. The summed E-state index contributed by atoms with van der Waals surface area (Å²) in [5, 5.41) is 9.37. The van der Waals surface area contributed by atoms with Gasteiger partial charge in [-0.2, -0.15) is 0 Å². The molecule has 1 N–H and O–H groups in total. The zero-order chi connectivity index (χ0) is 33.2. The SMILES string of the molecule is CCOC(=O)C1=C(c2ccccc2)N=c2s/c(=C\c3ccc(-c4ccc(C(=O)O)c(Cl)c4)o3)c(=O)n2[C@@H]1c1ccc(OC)cc1OC. The molecule has 0 spiro atoms. The molecule has 0 saturated carbocycles. The zero-order valence-electron chi connectivity index (χ0n) is 25.4. The summed E-state index contributed by atoms with van der Waals surface area (Å²) in [6.07, 6.45) is 1.60. The van der Waals surface area contributed by atoms with Crippen molar-refractivity contribution in [2.24, 2.45) is 4.99 Å². The van der Waals surface area contributed by atoms with Crippen molar-refractivity contribution in [3.8, 4) is 22.8 Å². The third kappa shape index (κ3) is 5.98. The van der Waals surface area contributed by atoms with Crippen molar-refractivity contribution in [2.75, 3.05) is 20.8 Å². The van der Waals surface area contributed by atoms with Gasteiger partial charge in [-0.15, -0.1) is 0 Å². The van der Waals surface area contributed by atoms with Gasteiger partial charge in [0.15, 0.2) is 4.80 Å². The van der Waals surface area contributed by atoms with Crippen LogP contribution in [-0.2, 0) is 9.53 Å². The number of ether oxygens (including phenoxy) is 3. The van der Waals surface area contributed by atoms with Crippen LogP contribution < -0.4 is 24.4 Å². The van der Waals surface area contributed by atoms with E-state index < -0.39 is 23.5 Å². The first-order valence-corrected chi connectivity index (χ1v) is 15.6. The molecule has 238 valence electrons. The summed E-state index contributed by atoms with van der Waals surface area (Å²) < 4.78 is 24.5. The summed E-state index contributed by atoms with van der Waals surface area (Å²) >= 11 is 7.31. The fraction of sp³-hybridized carbons (Fsp3) is 0.143. The summed E-state index contributed by atoms with van der Waals surface area (Å²) in [6, 6.07) is 21.4. The number of fused-ring (bicyclic) bond motifs is 1. The minimum atomic E-state index is -1.14. The number of methoxy groups -OCH3 is 2. The minimum absolute atomic E-state index is 0.0246. The Bertz CT molecular complexity index is 2230. The van der Waals surface area contributed by atoms with Gasteiger partial charge in [0, 0.05) is 28.8 Å². The highest BCUT2D eigenvalue weighted by molar-refractivity contribution is 7.07. The molecule has 47 heavy (non-hydrogen) atoms. The van der Waals surface area contributed by atoms with Crippen molar-refractivity contribution in [1.29, 1.82) is 0 Å². The number of benzene rings is 3. The molecular formula is C35H27ClN2O8S. The maximum absolute atomic E-state index is 14.2. The van der Waals surface area contributed by atoms with Gasteiger partial charge in [-0.3, -0.25) is 9.36 Å². The van der Waals surface area contributed by atoms with E-state index in [4.69, 9.17) is 35.2 Å². The predicted octanol–water partition coefficient (Wildman–Crippen LogP) is 5.56. The first kappa shape index (κ1) is 31.6. The Kier molecular flexibility index (Phi) is 8.84. The monoisotopic (exact) mass is 670 g/mol. The first-order valence-electron chi connectivity index (χ1n) is 14.4. The molecule has 1 aliphatic rings. The number of carboxylic acids is 1. The molecule has 0 bridgehead atoms. The molecule has 0 unspecified atom stereocenters. The second kappa shape index (κ2) is 13.1. The number of nitrogens with zero attached hydrogens (tertiary/aromatic N) is 2. The van der Waals surface area contributed by atoms with E-state index in [9.17, 15) is 19.5 Å². The Balaban J connectivity index is 1.56. The zero-order valence-corrected chi connectivity index (χ0v) is 26.9. The number of halogens is 1. The lowest BCUT2D eigenvalue weighted by Crippen LogP contribution is -2.40. The van der Waals surface area contributed by atoms with Crippen LogP contribution in [0.1, 0.15) is 40.2 Å². The molecule has 10 nitrogen and oxygen atoms in total. The smallest absolute Gasteiger partial charge is 0.338 e. The van der Waals surface area contributed by atoms with Gasteiger partial charge in [0.05, 0.1) is 47.2 Å². The molecule has 2 aromatic heterocycles. The molecule has 1 aliphatic heterocycles. The standard InChI is InChI=1S/C35H27ClN2O8S/c1-4-45-34(42)29-30(19-8-6-5-7-9-19)37-35-38(31(29)24-14-11-21(43-2)17-27(24)44-3)32(39)28(47-35)18-22-12-15-26(46-22)20-10-13-23(33(40)41)25(36)16-20/h5-18,31H,4H2,1-3H3,(H,40,41)/b28-18-/t31-/m1/s1. The molecule has 0 radical (unpaired) electrons. The fourth-order valence-corrected chi connectivity index (χ4v) is 6.58. The van der Waals surface area contributed by atoms with Crippen LogP contribution in [0.25, 0.3) is 23.1 Å². The molecule has 0 fully saturated rings. The van der Waals surface area contributed by atoms with Crippen molar-refractivity contribution in [3.05, 3.63) is 132 Å². The van der Waals surface area contributed by atoms with E-state index in [1.165, 1.54) is 30.9 Å². The molecule has 6 rings (SSSR count). The van der Waals surface area contributed by atoms with E-state index in [0.717, 1.165) is 11.3 Å². The maximum Gasteiger partial charge on any atom is 0.338 e. The maximum atomic E-state index is 14.2. The lowest BCUT2D eigenvalue weighted by molar-refractivity contribution is -0.138. The van der Waals surface area contributed by atoms with Crippen LogP contribution in [0.4, 0.5) is 0 Å². The predicted molar refractivity (Wildman–Crippen MR) is 177 cm³/mol.